The predicted octanol–water partition coefficient (Wildman–Crippen LogP) is 6.28. The molecule has 164 valence electrons. The van der Waals surface area contributed by atoms with E-state index in [1.165, 1.54) is 0 Å². The second-order valence-corrected chi connectivity index (χ2v) is 7.41. The summed E-state index contributed by atoms with van der Waals surface area (Å²) < 4.78 is 16.5. The monoisotopic (exact) mass is 438 g/mol. The Morgan fingerprint density at radius 2 is 1.61 bits per heavy atom. The van der Waals surface area contributed by atoms with E-state index in [2.05, 4.69) is 18.1 Å². The molecule has 0 aliphatic carbocycles. The largest absolute Gasteiger partial charge is 0.494 e. The summed E-state index contributed by atoms with van der Waals surface area (Å²) >= 11 is 0. The molecule has 0 spiro atoms. The van der Waals surface area contributed by atoms with Crippen LogP contribution in [0.5, 0.6) is 11.5 Å². The number of hydrogen-bond donors (Lipinski definition) is 0. The van der Waals surface area contributed by atoms with Crippen molar-refractivity contribution in [1.82, 2.24) is 5.16 Å². The number of carbonyl (C=O) groups excluding carboxylic acids is 1. The summed E-state index contributed by atoms with van der Waals surface area (Å²) in [5.74, 6) is 1.33. The standard InChI is InChI=1S/C27H22N2O4/c1-2-3-16-31-23-12-10-22(11-13-23)27(30)32-24-14-8-20(9-15-24)25-17-26(33-29-25)21-6-4-19(18-28)5-7-21/h4-15,17H,2-3,16H2,1H3. The van der Waals surface area contributed by atoms with Crippen LogP contribution < -0.4 is 9.47 Å². The van der Waals surface area contributed by atoms with Crippen LogP contribution in [0, 0.1) is 11.3 Å². The van der Waals surface area contributed by atoms with Crippen LogP contribution in [0.15, 0.2) is 83.4 Å². The molecule has 0 amide bonds. The van der Waals surface area contributed by atoms with E-state index in [4.69, 9.17) is 19.3 Å². The van der Waals surface area contributed by atoms with Crippen LogP contribution in [-0.4, -0.2) is 17.7 Å². The van der Waals surface area contributed by atoms with Gasteiger partial charge in [-0.3, -0.25) is 0 Å². The number of benzene rings is 3. The summed E-state index contributed by atoms with van der Waals surface area (Å²) in [4.78, 5) is 12.4. The maximum Gasteiger partial charge on any atom is 0.343 e. The van der Waals surface area contributed by atoms with Crippen molar-refractivity contribution >= 4 is 5.97 Å². The van der Waals surface area contributed by atoms with Gasteiger partial charge in [0.15, 0.2) is 5.76 Å². The van der Waals surface area contributed by atoms with E-state index in [-0.39, 0.29) is 0 Å². The highest BCUT2D eigenvalue weighted by Crippen LogP contribution is 2.27. The van der Waals surface area contributed by atoms with Crippen LogP contribution in [0.2, 0.25) is 0 Å². The summed E-state index contributed by atoms with van der Waals surface area (Å²) in [6, 6.07) is 25.0. The van der Waals surface area contributed by atoms with E-state index < -0.39 is 5.97 Å². The van der Waals surface area contributed by atoms with Crippen LogP contribution in [0.3, 0.4) is 0 Å². The van der Waals surface area contributed by atoms with Gasteiger partial charge in [-0.25, -0.2) is 4.79 Å². The molecule has 0 bridgehead atoms. The number of rotatable bonds is 8. The molecule has 0 radical (unpaired) electrons. The lowest BCUT2D eigenvalue weighted by Crippen LogP contribution is -2.08. The van der Waals surface area contributed by atoms with Gasteiger partial charge >= 0.3 is 5.97 Å². The highest BCUT2D eigenvalue weighted by atomic mass is 16.5. The third-order valence-corrected chi connectivity index (χ3v) is 5.03. The van der Waals surface area contributed by atoms with Gasteiger partial charge in [-0.2, -0.15) is 5.26 Å². The molecule has 0 saturated heterocycles. The quantitative estimate of drug-likeness (QED) is 0.183. The van der Waals surface area contributed by atoms with Crippen LogP contribution in [0.1, 0.15) is 35.7 Å². The number of hydrogen-bond acceptors (Lipinski definition) is 6. The van der Waals surface area contributed by atoms with Crippen molar-refractivity contribution < 1.29 is 18.8 Å². The van der Waals surface area contributed by atoms with Crippen molar-refractivity contribution in [2.75, 3.05) is 6.61 Å². The van der Waals surface area contributed by atoms with Gasteiger partial charge in [0.05, 0.1) is 23.8 Å². The van der Waals surface area contributed by atoms with Gasteiger partial charge in [-0.15, -0.1) is 0 Å². The highest BCUT2D eigenvalue weighted by Gasteiger charge is 2.11. The van der Waals surface area contributed by atoms with Gasteiger partial charge in [0.25, 0.3) is 0 Å². The van der Waals surface area contributed by atoms with E-state index in [0.717, 1.165) is 29.7 Å². The topological polar surface area (TPSA) is 85.4 Å². The van der Waals surface area contributed by atoms with Crippen LogP contribution in [0.4, 0.5) is 0 Å². The zero-order chi connectivity index (χ0) is 23.0. The third-order valence-electron chi connectivity index (χ3n) is 5.03. The predicted molar refractivity (Wildman–Crippen MR) is 124 cm³/mol. The van der Waals surface area contributed by atoms with Crippen molar-refractivity contribution in [3.05, 3.63) is 90.0 Å². The van der Waals surface area contributed by atoms with Gasteiger partial charge in [0, 0.05) is 17.2 Å². The second-order valence-electron chi connectivity index (χ2n) is 7.41. The fourth-order valence-corrected chi connectivity index (χ4v) is 3.14. The molecule has 6 heteroatoms. The molecule has 0 N–H and O–H groups in total. The molecule has 0 fully saturated rings. The Kier molecular flexibility index (Phi) is 6.81. The molecule has 3 aromatic carbocycles. The molecule has 0 saturated carbocycles. The van der Waals surface area contributed by atoms with E-state index >= 15 is 0 Å². The Morgan fingerprint density at radius 1 is 0.939 bits per heavy atom. The van der Waals surface area contributed by atoms with Crippen LogP contribution in [-0.2, 0) is 0 Å². The van der Waals surface area contributed by atoms with Crippen molar-refractivity contribution in [3.63, 3.8) is 0 Å². The number of carbonyl (C=O) groups is 1. The Labute approximate surface area is 192 Å². The maximum atomic E-state index is 12.4. The molecule has 0 aliphatic rings. The molecule has 4 rings (SSSR count). The Morgan fingerprint density at radius 3 is 2.27 bits per heavy atom. The van der Waals surface area contributed by atoms with E-state index in [1.807, 2.05) is 30.3 Å². The first-order valence-corrected chi connectivity index (χ1v) is 10.7. The summed E-state index contributed by atoms with van der Waals surface area (Å²) in [6.45, 7) is 2.77. The number of esters is 1. The second kappa shape index (κ2) is 10.3. The van der Waals surface area contributed by atoms with Gasteiger partial charge in [-0.05, 0) is 79.2 Å². The average molecular weight is 438 g/mol. The molecule has 1 heterocycles. The highest BCUT2D eigenvalue weighted by molar-refractivity contribution is 5.91. The molecule has 33 heavy (non-hydrogen) atoms. The Balaban J connectivity index is 1.39. The lowest BCUT2D eigenvalue weighted by Gasteiger charge is -2.07. The van der Waals surface area contributed by atoms with E-state index in [0.29, 0.717) is 34.9 Å². The van der Waals surface area contributed by atoms with Gasteiger partial charge in [-0.1, -0.05) is 18.5 Å². The summed E-state index contributed by atoms with van der Waals surface area (Å²) in [5, 5.41) is 13.0. The number of nitrogens with zero attached hydrogens (tertiary/aromatic N) is 2. The van der Waals surface area contributed by atoms with Gasteiger partial charge in [0.2, 0.25) is 0 Å². The van der Waals surface area contributed by atoms with Gasteiger partial charge in [0.1, 0.15) is 17.2 Å². The zero-order valence-electron chi connectivity index (χ0n) is 18.2. The third kappa shape index (κ3) is 5.46. The maximum absolute atomic E-state index is 12.4. The molecule has 4 aromatic rings. The van der Waals surface area contributed by atoms with Crippen molar-refractivity contribution in [1.29, 1.82) is 5.26 Å². The Hall–Kier alpha value is -4.37. The van der Waals surface area contributed by atoms with E-state index in [1.54, 1.807) is 48.5 Å². The van der Waals surface area contributed by atoms with Crippen molar-refractivity contribution in [3.8, 4) is 40.1 Å². The molecular weight excluding hydrogens is 416 g/mol. The summed E-state index contributed by atoms with van der Waals surface area (Å²) in [7, 11) is 0. The fourth-order valence-electron chi connectivity index (χ4n) is 3.14. The number of ether oxygens (including phenoxy) is 2. The number of unbranched alkanes of at least 4 members (excludes halogenated alkanes) is 1. The van der Waals surface area contributed by atoms with Crippen LogP contribution in [0.25, 0.3) is 22.6 Å². The SMILES string of the molecule is CCCCOc1ccc(C(=O)Oc2ccc(-c3cc(-c4ccc(C#N)cc4)on3)cc2)cc1. The summed E-state index contributed by atoms with van der Waals surface area (Å²) in [6.07, 6.45) is 2.06. The summed E-state index contributed by atoms with van der Waals surface area (Å²) in [5.41, 5.74) is 3.35. The molecule has 0 atom stereocenters. The Bertz CT molecular complexity index is 1250. The number of nitriles is 1. The number of aromatic nitrogens is 1. The first-order valence-electron chi connectivity index (χ1n) is 10.7. The molecule has 0 aliphatic heterocycles. The minimum atomic E-state index is -0.438. The van der Waals surface area contributed by atoms with Crippen LogP contribution >= 0.6 is 0 Å². The average Bonchev–Trinajstić information content (AvgIpc) is 3.35. The smallest absolute Gasteiger partial charge is 0.343 e. The minimum Gasteiger partial charge on any atom is -0.494 e. The molecule has 1 aromatic heterocycles. The van der Waals surface area contributed by atoms with Crippen molar-refractivity contribution in [2.24, 2.45) is 0 Å². The van der Waals surface area contributed by atoms with Crippen molar-refractivity contribution in [2.45, 2.75) is 19.8 Å². The molecule has 6 nitrogen and oxygen atoms in total. The lowest BCUT2D eigenvalue weighted by molar-refractivity contribution is 0.0734. The van der Waals surface area contributed by atoms with E-state index in [9.17, 15) is 4.79 Å². The zero-order valence-corrected chi connectivity index (χ0v) is 18.2. The first kappa shape index (κ1) is 21.8. The molecular formula is C27H22N2O4. The van der Waals surface area contributed by atoms with Gasteiger partial charge < -0.3 is 14.0 Å². The first-order chi connectivity index (χ1) is 16.2. The lowest BCUT2D eigenvalue weighted by atomic mass is 10.1. The normalized spacial score (nSPS) is 10.4. The minimum absolute atomic E-state index is 0.433. The fraction of sp³-hybridized carbons (Fsp3) is 0.148. The molecule has 0 unspecified atom stereocenters.